The Labute approximate surface area is 143 Å². The molecule has 5 rings (SSSR count). The summed E-state index contributed by atoms with van der Waals surface area (Å²) in [6.45, 7) is 2.46. The first-order valence-corrected chi connectivity index (χ1v) is 9.26. The summed E-state index contributed by atoms with van der Waals surface area (Å²) in [5.74, 6) is 0.801. The van der Waals surface area contributed by atoms with Crippen LogP contribution in [0.15, 0.2) is 54.6 Å². The van der Waals surface area contributed by atoms with Crippen LogP contribution in [0.5, 0.6) is 0 Å². The molecule has 2 aliphatic heterocycles. The van der Waals surface area contributed by atoms with E-state index in [2.05, 4.69) is 64.5 Å². The molecule has 0 bridgehead atoms. The highest BCUT2D eigenvalue weighted by Crippen LogP contribution is 2.41. The molecule has 24 heavy (non-hydrogen) atoms. The molecule has 0 unspecified atom stereocenters. The van der Waals surface area contributed by atoms with Crippen molar-refractivity contribution in [3.63, 3.8) is 0 Å². The highest BCUT2D eigenvalue weighted by molar-refractivity contribution is 5.85. The van der Waals surface area contributed by atoms with Crippen molar-refractivity contribution in [3.05, 3.63) is 71.4 Å². The van der Waals surface area contributed by atoms with E-state index in [1.807, 2.05) is 0 Å². The normalized spacial score (nSPS) is 23.8. The first kappa shape index (κ1) is 14.3. The highest BCUT2D eigenvalue weighted by atomic mass is 15.2. The van der Waals surface area contributed by atoms with E-state index in [0.717, 1.165) is 5.92 Å². The standard InChI is InChI=1S/C22H24N2/c1-2-6-16(7-3-1)14-17-10-11-21-22-19(12-13-24(21)15-17)18-8-4-5-9-20(18)23-22/h1-9,17,21,23H,10-15H2/t17-,21-/m1/s1. The van der Waals surface area contributed by atoms with Crippen molar-refractivity contribution in [1.82, 2.24) is 9.88 Å². The van der Waals surface area contributed by atoms with Crippen molar-refractivity contribution in [2.75, 3.05) is 13.1 Å². The fraction of sp³-hybridized carbons (Fsp3) is 0.364. The molecular weight excluding hydrogens is 292 g/mol. The average Bonchev–Trinajstić information content (AvgIpc) is 3.01. The largest absolute Gasteiger partial charge is 0.357 e. The Hall–Kier alpha value is -2.06. The maximum Gasteiger partial charge on any atom is 0.0501 e. The summed E-state index contributed by atoms with van der Waals surface area (Å²) in [4.78, 5) is 6.47. The number of nitrogens with one attached hydrogen (secondary N) is 1. The van der Waals surface area contributed by atoms with Crippen molar-refractivity contribution in [1.29, 1.82) is 0 Å². The van der Waals surface area contributed by atoms with Crippen LogP contribution in [0.2, 0.25) is 0 Å². The number of aromatic amines is 1. The molecule has 2 atom stereocenters. The van der Waals surface area contributed by atoms with E-state index in [4.69, 9.17) is 0 Å². The summed E-state index contributed by atoms with van der Waals surface area (Å²) in [5.41, 5.74) is 5.88. The Morgan fingerprint density at radius 2 is 1.79 bits per heavy atom. The van der Waals surface area contributed by atoms with E-state index in [1.165, 1.54) is 60.9 Å². The molecule has 0 radical (unpaired) electrons. The van der Waals surface area contributed by atoms with Gasteiger partial charge in [0.05, 0.1) is 6.04 Å². The number of benzene rings is 2. The molecule has 1 N–H and O–H groups in total. The van der Waals surface area contributed by atoms with Gasteiger partial charge < -0.3 is 4.98 Å². The smallest absolute Gasteiger partial charge is 0.0501 e. The van der Waals surface area contributed by atoms with Gasteiger partial charge in [-0.05, 0) is 48.8 Å². The second-order valence-corrected chi connectivity index (χ2v) is 7.46. The molecule has 0 saturated carbocycles. The van der Waals surface area contributed by atoms with Crippen molar-refractivity contribution in [3.8, 4) is 0 Å². The van der Waals surface area contributed by atoms with Crippen LogP contribution in [0.1, 0.15) is 35.7 Å². The molecule has 1 saturated heterocycles. The third-order valence-corrected chi connectivity index (χ3v) is 5.98. The number of aromatic nitrogens is 1. The quantitative estimate of drug-likeness (QED) is 0.725. The van der Waals surface area contributed by atoms with E-state index in [9.17, 15) is 0 Å². The van der Waals surface area contributed by atoms with Gasteiger partial charge in [0.1, 0.15) is 0 Å². The molecule has 1 fully saturated rings. The first-order valence-electron chi connectivity index (χ1n) is 9.26. The van der Waals surface area contributed by atoms with Gasteiger partial charge in [0.2, 0.25) is 0 Å². The van der Waals surface area contributed by atoms with Gasteiger partial charge in [-0.25, -0.2) is 0 Å². The Morgan fingerprint density at radius 1 is 0.958 bits per heavy atom. The van der Waals surface area contributed by atoms with Gasteiger partial charge in [0.15, 0.2) is 0 Å². The lowest BCUT2D eigenvalue weighted by Gasteiger charge is -2.42. The lowest BCUT2D eigenvalue weighted by atomic mass is 9.84. The minimum absolute atomic E-state index is 0.605. The summed E-state index contributed by atoms with van der Waals surface area (Å²) in [6, 6.07) is 20.4. The third-order valence-electron chi connectivity index (χ3n) is 5.98. The molecule has 3 heterocycles. The maximum atomic E-state index is 3.74. The van der Waals surface area contributed by atoms with Crippen molar-refractivity contribution < 1.29 is 0 Å². The third kappa shape index (κ3) is 2.37. The second-order valence-electron chi connectivity index (χ2n) is 7.46. The van der Waals surface area contributed by atoms with Crippen LogP contribution in [-0.4, -0.2) is 23.0 Å². The lowest BCUT2D eigenvalue weighted by Crippen LogP contribution is -2.42. The number of H-pyrrole nitrogens is 1. The number of hydrogen-bond acceptors (Lipinski definition) is 1. The lowest BCUT2D eigenvalue weighted by molar-refractivity contribution is 0.0965. The fourth-order valence-electron chi connectivity index (χ4n) is 4.84. The predicted molar refractivity (Wildman–Crippen MR) is 99.2 cm³/mol. The molecule has 1 aromatic heterocycles. The molecule has 122 valence electrons. The molecule has 0 amide bonds. The van der Waals surface area contributed by atoms with Crippen LogP contribution in [-0.2, 0) is 12.8 Å². The Balaban J connectivity index is 1.38. The van der Waals surface area contributed by atoms with Gasteiger partial charge in [-0.15, -0.1) is 0 Å². The number of piperidine rings is 1. The zero-order valence-corrected chi connectivity index (χ0v) is 14.0. The predicted octanol–water partition coefficient (Wildman–Crippen LogP) is 4.72. The summed E-state index contributed by atoms with van der Waals surface area (Å²) in [5, 5.41) is 1.44. The van der Waals surface area contributed by atoms with E-state index in [1.54, 1.807) is 5.56 Å². The van der Waals surface area contributed by atoms with E-state index in [0.29, 0.717) is 6.04 Å². The van der Waals surface area contributed by atoms with Crippen molar-refractivity contribution in [2.45, 2.75) is 31.7 Å². The molecule has 0 aliphatic carbocycles. The highest BCUT2D eigenvalue weighted by Gasteiger charge is 2.35. The molecule has 2 aliphatic rings. The van der Waals surface area contributed by atoms with Gasteiger partial charge in [-0.3, -0.25) is 4.90 Å². The van der Waals surface area contributed by atoms with E-state index < -0.39 is 0 Å². The number of nitrogens with zero attached hydrogens (tertiary/aromatic N) is 1. The minimum Gasteiger partial charge on any atom is -0.357 e. The summed E-state index contributed by atoms with van der Waals surface area (Å²) < 4.78 is 0. The molecule has 2 heteroatoms. The Morgan fingerprint density at radius 3 is 2.71 bits per heavy atom. The van der Waals surface area contributed by atoms with Gasteiger partial charge >= 0.3 is 0 Å². The zero-order chi connectivity index (χ0) is 15.9. The number of hydrogen-bond donors (Lipinski definition) is 1. The number of para-hydroxylation sites is 1. The van der Waals surface area contributed by atoms with Crippen molar-refractivity contribution >= 4 is 10.9 Å². The topological polar surface area (TPSA) is 19.0 Å². The second kappa shape index (κ2) is 5.78. The van der Waals surface area contributed by atoms with Gasteiger partial charge in [0.25, 0.3) is 0 Å². The van der Waals surface area contributed by atoms with Crippen LogP contribution in [0, 0.1) is 5.92 Å². The van der Waals surface area contributed by atoms with Crippen LogP contribution in [0.25, 0.3) is 10.9 Å². The summed E-state index contributed by atoms with van der Waals surface area (Å²) >= 11 is 0. The van der Waals surface area contributed by atoms with E-state index >= 15 is 0 Å². The monoisotopic (exact) mass is 316 g/mol. The van der Waals surface area contributed by atoms with Gasteiger partial charge in [-0.1, -0.05) is 48.5 Å². The molecule has 2 nitrogen and oxygen atoms in total. The molecule has 0 spiro atoms. The first-order chi connectivity index (χ1) is 11.9. The molecule has 3 aromatic rings. The summed E-state index contributed by atoms with van der Waals surface area (Å²) in [7, 11) is 0. The van der Waals surface area contributed by atoms with E-state index in [-0.39, 0.29) is 0 Å². The van der Waals surface area contributed by atoms with Crippen molar-refractivity contribution in [2.24, 2.45) is 5.92 Å². The number of rotatable bonds is 2. The van der Waals surface area contributed by atoms with Crippen LogP contribution < -0.4 is 0 Å². The van der Waals surface area contributed by atoms with Crippen LogP contribution in [0.4, 0.5) is 0 Å². The summed E-state index contributed by atoms with van der Waals surface area (Å²) in [6.07, 6.45) is 5.04. The average molecular weight is 316 g/mol. The number of fused-ring (bicyclic) bond motifs is 5. The Bertz CT molecular complexity index is 849. The zero-order valence-electron chi connectivity index (χ0n) is 14.0. The van der Waals surface area contributed by atoms with Gasteiger partial charge in [-0.2, -0.15) is 0 Å². The Kier molecular flexibility index (Phi) is 3.45. The SMILES string of the molecule is c1ccc(C[C@H]2CC[C@@H]3c4[nH]c5ccccc5c4CCN3C2)cc1. The van der Waals surface area contributed by atoms with Crippen LogP contribution >= 0.6 is 0 Å². The molecule has 2 aromatic carbocycles. The maximum absolute atomic E-state index is 3.74. The van der Waals surface area contributed by atoms with Crippen LogP contribution in [0.3, 0.4) is 0 Å². The molecular formula is C22H24N2. The van der Waals surface area contributed by atoms with Gasteiger partial charge in [0, 0.05) is 29.7 Å². The minimum atomic E-state index is 0.605. The fourth-order valence-corrected chi connectivity index (χ4v) is 4.84.